The van der Waals surface area contributed by atoms with Crippen molar-refractivity contribution >= 4 is 11.8 Å². The van der Waals surface area contributed by atoms with Crippen molar-refractivity contribution in [3.05, 3.63) is 70.4 Å². The molecular weight excluding hydrogens is 444 g/mol. The van der Waals surface area contributed by atoms with Gasteiger partial charge in [0, 0.05) is 29.0 Å². The molecule has 7 heteroatoms. The van der Waals surface area contributed by atoms with Crippen molar-refractivity contribution in [1.82, 2.24) is 14.3 Å². The first kappa shape index (κ1) is 22.9. The average Bonchev–Trinajstić information content (AvgIpc) is 3.19. The van der Waals surface area contributed by atoms with Gasteiger partial charge in [0.2, 0.25) is 0 Å². The van der Waals surface area contributed by atoms with Crippen molar-refractivity contribution < 1.29 is 4.74 Å². The quantitative estimate of drug-likeness (QED) is 0.483. The van der Waals surface area contributed by atoms with Gasteiger partial charge >= 0.3 is 5.69 Å². The summed E-state index contributed by atoms with van der Waals surface area (Å²) in [6, 6.07) is 19.1. The maximum atomic E-state index is 13.1. The molecule has 2 heterocycles. The monoisotopic (exact) mass is 474 g/mol. The topological polar surface area (TPSA) is 72.8 Å². The van der Waals surface area contributed by atoms with Gasteiger partial charge in [0.05, 0.1) is 17.2 Å². The Bertz CT molecular complexity index is 1240. The van der Waals surface area contributed by atoms with Crippen LogP contribution in [0.5, 0.6) is 0 Å². The molecule has 176 valence electrons. The number of aromatic nitrogens is 3. The second-order valence-corrected chi connectivity index (χ2v) is 10.5. The zero-order chi connectivity index (χ0) is 23.5. The Kier molecular flexibility index (Phi) is 6.62. The first-order chi connectivity index (χ1) is 16.6. The predicted molar refractivity (Wildman–Crippen MR) is 133 cm³/mol. The third-order valence-electron chi connectivity index (χ3n) is 7.18. The molecule has 2 aromatic carbocycles. The standard InChI is InChI=1S/C27H30N4O2S/c1-20-29-31(26(32)30(20)22-7-3-2-4-8-22)23-10-12-24(13-11-23)34-25-9-5-6-21(18-25)27(19-28)14-16-33-17-15-27/h5-6,9-13,18,22H,2-4,7-8,14-17H2,1H3. The van der Waals surface area contributed by atoms with Crippen LogP contribution in [0, 0.1) is 18.3 Å². The highest BCUT2D eigenvalue weighted by Crippen LogP contribution is 2.37. The third kappa shape index (κ3) is 4.45. The number of hydrogen-bond donors (Lipinski definition) is 0. The lowest BCUT2D eigenvalue weighted by Gasteiger charge is -2.31. The minimum Gasteiger partial charge on any atom is -0.381 e. The fourth-order valence-corrected chi connectivity index (χ4v) is 6.11. The van der Waals surface area contributed by atoms with E-state index in [1.54, 1.807) is 11.8 Å². The molecule has 1 aliphatic carbocycles. The minimum absolute atomic E-state index is 0.0456. The zero-order valence-electron chi connectivity index (χ0n) is 19.6. The van der Waals surface area contributed by atoms with Gasteiger partial charge in [-0.3, -0.25) is 4.57 Å². The molecule has 1 aliphatic heterocycles. The van der Waals surface area contributed by atoms with E-state index in [0.717, 1.165) is 52.5 Å². The molecule has 0 bridgehead atoms. The highest BCUT2D eigenvalue weighted by molar-refractivity contribution is 7.99. The van der Waals surface area contributed by atoms with Gasteiger partial charge in [-0.2, -0.15) is 15.0 Å². The second kappa shape index (κ2) is 9.81. The normalized spacial score (nSPS) is 18.5. The molecule has 0 unspecified atom stereocenters. The van der Waals surface area contributed by atoms with Crippen molar-refractivity contribution in [3.63, 3.8) is 0 Å². The lowest BCUT2D eigenvalue weighted by molar-refractivity contribution is 0.0675. The molecule has 34 heavy (non-hydrogen) atoms. The minimum atomic E-state index is -0.463. The largest absolute Gasteiger partial charge is 0.381 e. The number of hydrogen-bond acceptors (Lipinski definition) is 5. The first-order valence-corrected chi connectivity index (χ1v) is 13.0. The number of ether oxygens (including phenoxy) is 1. The van der Waals surface area contributed by atoms with Crippen molar-refractivity contribution in [2.75, 3.05) is 13.2 Å². The lowest BCUT2D eigenvalue weighted by Crippen LogP contribution is -2.32. The van der Waals surface area contributed by atoms with Gasteiger partial charge in [-0.15, -0.1) is 0 Å². The second-order valence-electron chi connectivity index (χ2n) is 9.33. The summed E-state index contributed by atoms with van der Waals surface area (Å²) in [5, 5.41) is 14.5. The van der Waals surface area contributed by atoms with Gasteiger partial charge < -0.3 is 4.74 Å². The third-order valence-corrected chi connectivity index (χ3v) is 8.18. The van der Waals surface area contributed by atoms with Crippen molar-refractivity contribution in [3.8, 4) is 11.8 Å². The molecular formula is C27H30N4O2S. The first-order valence-electron chi connectivity index (χ1n) is 12.2. The Hall–Kier alpha value is -2.82. The number of benzene rings is 2. The van der Waals surface area contributed by atoms with Crippen LogP contribution in [0.15, 0.2) is 63.1 Å². The number of aryl methyl sites for hydroxylation is 1. The van der Waals surface area contributed by atoms with Gasteiger partial charge in [-0.25, -0.2) is 4.79 Å². The Balaban J connectivity index is 1.35. The average molecular weight is 475 g/mol. The van der Waals surface area contributed by atoms with Crippen LogP contribution in [0.25, 0.3) is 5.69 Å². The lowest BCUT2D eigenvalue weighted by atomic mass is 9.75. The van der Waals surface area contributed by atoms with E-state index < -0.39 is 5.41 Å². The summed E-state index contributed by atoms with van der Waals surface area (Å²) in [6.45, 7) is 3.18. The molecule has 2 aliphatic rings. The smallest absolute Gasteiger partial charge is 0.350 e. The Morgan fingerprint density at radius 1 is 1.06 bits per heavy atom. The maximum Gasteiger partial charge on any atom is 0.350 e. The predicted octanol–water partition coefficient (Wildman–Crippen LogP) is 5.57. The molecule has 0 N–H and O–H groups in total. The van der Waals surface area contributed by atoms with Gasteiger partial charge in [0.25, 0.3) is 0 Å². The van der Waals surface area contributed by atoms with Crippen LogP contribution in [-0.4, -0.2) is 27.6 Å². The summed E-state index contributed by atoms with van der Waals surface area (Å²) in [5.74, 6) is 0.784. The fraction of sp³-hybridized carbons (Fsp3) is 0.444. The number of nitrogens with zero attached hydrogens (tertiary/aromatic N) is 4. The summed E-state index contributed by atoms with van der Waals surface area (Å²) in [7, 11) is 0. The maximum absolute atomic E-state index is 13.1. The molecule has 5 rings (SSSR count). The number of rotatable bonds is 5. The molecule has 0 amide bonds. The molecule has 1 aromatic heterocycles. The van der Waals surface area contributed by atoms with Crippen LogP contribution in [-0.2, 0) is 10.2 Å². The number of nitriles is 1. The summed E-state index contributed by atoms with van der Waals surface area (Å²) in [6.07, 6.45) is 7.19. The van der Waals surface area contributed by atoms with Crippen LogP contribution in [0.1, 0.15) is 62.4 Å². The SMILES string of the molecule is Cc1nn(-c2ccc(Sc3cccc(C4(C#N)CCOCC4)c3)cc2)c(=O)n1C1CCCCC1. The van der Waals surface area contributed by atoms with E-state index in [-0.39, 0.29) is 11.7 Å². The van der Waals surface area contributed by atoms with E-state index in [0.29, 0.717) is 13.2 Å². The van der Waals surface area contributed by atoms with Crippen molar-refractivity contribution in [1.29, 1.82) is 5.26 Å². The summed E-state index contributed by atoms with van der Waals surface area (Å²) < 4.78 is 8.90. The Morgan fingerprint density at radius 3 is 2.50 bits per heavy atom. The van der Waals surface area contributed by atoms with E-state index in [9.17, 15) is 10.1 Å². The molecule has 0 spiro atoms. The van der Waals surface area contributed by atoms with E-state index in [1.807, 2.05) is 41.8 Å². The molecule has 0 atom stereocenters. The van der Waals surface area contributed by atoms with E-state index in [1.165, 1.54) is 23.9 Å². The molecule has 2 fully saturated rings. The van der Waals surface area contributed by atoms with E-state index in [2.05, 4.69) is 29.4 Å². The van der Waals surface area contributed by atoms with Gasteiger partial charge in [0.15, 0.2) is 0 Å². The van der Waals surface area contributed by atoms with Crippen LogP contribution in [0.2, 0.25) is 0 Å². The van der Waals surface area contributed by atoms with Crippen LogP contribution < -0.4 is 5.69 Å². The fourth-order valence-electron chi connectivity index (χ4n) is 5.24. The van der Waals surface area contributed by atoms with Gasteiger partial charge in [0.1, 0.15) is 5.82 Å². The van der Waals surface area contributed by atoms with Gasteiger partial charge in [-0.05, 0) is 74.6 Å². The molecule has 1 saturated carbocycles. The van der Waals surface area contributed by atoms with Crippen LogP contribution >= 0.6 is 11.8 Å². The molecule has 1 saturated heterocycles. The molecule has 6 nitrogen and oxygen atoms in total. The van der Waals surface area contributed by atoms with Crippen molar-refractivity contribution in [2.24, 2.45) is 0 Å². The Labute approximate surface area is 204 Å². The van der Waals surface area contributed by atoms with E-state index in [4.69, 9.17) is 4.74 Å². The summed E-state index contributed by atoms with van der Waals surface area (Å²) in [5.41, 5.74) is 1.34. The zero-order valence-corrected chi connectivity index (χ0v) is 20.4. The van der Waals surface area contributed by atoms with Gasteiger partial charge in [-0.1, -0.05) is 43.2 Å². The highest BCUT2D eigenvalue weighted by atomic mass is 32.2. The Morgan fingerprint density at radius 2 is 1.79 bits per heavy atom. The van der Waals surface area contributed by atoms with E-state index >= 15 is 0 Å². The van der Waals surface area contributed by atoms with Crippen LogP contribution in [0.4, 0.5) is 0 Å². The van der Waals surface area contributed by atoms with Crippen molar-refractivity contribution in [2.45, 2.75) is 73.1 Å². The molecule has 3 aromatic rings. The summed E-state index contributed by atoms with van der Waals surface area (Å²) in [4.78, 5) is 15.3. The van der Waals surface area contributed by atoms with Crippen LogP contribution in [0.3, 0.4) is 0 Å². The highest BCUT2D eigenvalue weighted by Gasteiger charge is 2.34. The summed E-state index contributed by atoms with van der Waals surface area (Å²) >= 11 is 1.66. The molecule has 0 radical (unpaired) electrons.